The van der Waals surface area contributed by atoms with Crippen LogP contribution in [0.2, 0.25) is 0 Å². The molecule has 0 spiro atoms. The van der Waals surface area contributed by atoms with E-state index in [1.54, 1.807) is 24.3 Å². The van der Waals surface area contributed by atoms with Crippen LogP contribution in [0.1, 0.15) is 0 Å². The van der Waals surface area contributed by atoms with Crippen molar-refractivity contribution >= 4 is 40.9 Å². The predicted molar refractivity (Wildman–Crippen MR) is 74.2 cm³/mol. The number of anilines is 1. The second-order valence-electron chi connectivity index (χ2n) is 3.77. The zero-order valence-electron chi connectivity index (χ0n) is 9.76. The third-order valence-corrected chi connectivity index (χ3v) is 2.67. The van der Waals surface area contributed by atoms with Crippen LogP contribution in [0.25, 0.3) is 0 Å². The molecule has 0 heterocycles. The maximum Gasteiger partial charge on any atom is 0.220 e. The molecule has 0 atom stereocenters. The number of ketones is 1. The molecule has 0 bridgehead atoms. The molecule has 5 nitrogen and oxygen atoms in total. The number of rotatable bonds is 3. The molecule has 6 heteroatoms. The lowest BCUT2D eigenvalue weighted by molar-refractivity contribution is -0.114. The summed E-state index contributed by atoms with van der Waals surface area (Å²) in [6.45, 7) is 0. The van der Waals surface area contributed by atoms with Crippen LogP contribution in [0.5, 0.6) is 0 Å². The summed E-state index contributed by atoms with van der Waals surface area (Å²) in [7, 11) is 0. The van der Waals surface area contributed by atoms with Crippen LogP contribution in [0, 0.1) is 0 Å². The summed E-state index contributed by atoms with van der Waals surface area (Å²) < 4.78 is 0. The van der Waals surface area contributed by atoms with E-state index >= 15 is 0 Å². The summed E-state index contributed by atoms with van der Waals surface area (Å²) in [5.74, 6) is -0.440. The Labute approximate surface area is 114 Å². The smallest absolute Gasteiger partial charge is 0.220 e. The van der Waals surface area contributed by atoms with E-state index in [0.29, 0.717) is 23.5 Å². The van der Waals surface area contributed by atoms with Gasteiger partial charge in [0.05, 0.1) is 22.1 Å². The molecule has 3 N–H and O–H groups in total. The van der Waals surface area contributed by atoms with E-state index < -0.39 is 5.78 Å². The Morgan fingerprint density at radius 2 is 1.89 bits per heavy atom. The van der Waals surface area contributed by atoms with E-state index in [9.17, 15) is 9.59 Å². The summed E-state index contributed by atoms with van der Waals surface area (Å²) in [5, 5.41) is 2.30. The van der Waals surface area contributed by atoms with Crippen LogP contribution in [0.15, 0.2) is 52.1 Å². The average molecular weight is 276 g/mol. The Balaban J connectivity index is 2.35. The van der Waals surface area contributed by atoms with Crippen molar-refractivity contribution in [3.8, 4) is 0 Å². The van der Waals surface area contributed by atoms with Gasteiger partial charge in [-0.15, -0.1) is 0 Å². The number of carbonyl (C=O) groups excluding carboxylic acids is 2. The van der Waals surface area contributed by atoms with Crippen molar-refractivity contribution in [2.24, 2.45) is 4.99 Å². The van der Waals surface area contributed by atoms with Gasteiger partial charge in [-0.3, -0.25) is 9.59 Å². The number of amides is 1. The van der Waals surface area contributed by atoms with Crippen LogP contribution in [0.4, 0.5) is 11.4 Å². The van der Waals surface area contributed by atoms with Gasteiger partial charge in [0.15, 0.2) is 0 Å². The molecule has 0 aromatic heterocycles. The molecule has 2 rings (SSSR count). The Hall–Kier alpha value is -2.40. The number of carbonyl (C=O) groups is 2. The molecule has 1 aliphatic carbocycles. The molecule has 0 unspecified atom stereocenters. The number of nitrogens with two attached hydrogens (primary N) is 1. The zero-order chi connectivity index (χ0) is 13.8. The molecule has 96 valence electrons. The van der Waals surface area contributed by atoms with E-state index in [2.05, 4.69) is 10.3 Å². The molecule has 1 aromatic carbocycles. The quantitative estimate of drug-likeness (QED) is 0.500. The van der Waals surface area contributed by atoms with Crippen molar-refractivity contribution in [3.63, 3.8) is 0 Å². The van der Waals surface area contributed by atoms with Crippen molar-refractivity contribution < 1.29 is 9.59 Å². The Kier molecular flexibility index (Phi) is 3.77. The van der Waals surface area contributed by atoms with E-state index in [1.807, 2.05) is 0 Å². The lowest BCUT2D eigenvalue weighted by Gasteiger charge is -2.09. The molecule has 0 aliphatic heterocycles. The maximum atomic E-state index is 11.6. The van der Waals surface area contributed by atoms with Gasteiger partial charge in [-0.1, -0.05) is 11.6 Å². The van der Waals surface area contributed by atoms with Crippen LogP contribution in [-0.2, 0) is 9.59 Å². The largest absolute Gasteiger partial charge is 0.399 e. The highest BCUT2D eigenvalue weighted by molar-refractivity contribution is 6.48. The van der Waals surface area contributed by atoms with E-state index in [-0.39, 0.29) is 10.7 Å². The van der Waals surface area contributed by atoms with Gasteiger partial charge in [-0.2, -0.15) is 0 Å². The fourth-order valence-corrected chi connectivity index (χ4v) is 1.73. The number of benzene rings is 1. The summed E-state index contributed by atoms with van der Waals surface area (Å²) in [6.07, 6.45) is 3.31. The molecule has 0 radical (unpaired) electrons. The van der Waals surface area contributed by atoms with Gasteiger partial charge in [-0.25, -0.2) is 4.99 Å². The minimum Gasteiger partial charge on any atom is -0.399 e. The molecule has 1 aromatic rings. The van der Waals surface area contributed by atoms with Gasteiger partial charge in [0.1, 0.15) is 0 Å². The van der Waals surface area contributed by atoms with Gasteiger partial charge in [0.25, 0.3) is 0 Å². The molecule has 0 fully saturated rings. The second-order valence-corrected chi connectivity index (χ2v) is 4.18. The number of hydrogen-bond acceptors (Lipinski definition) is 4. The van der Waals surface area contributed by atoms with Gasteiger partial charge in [0, 0.05) is 5.69 Å². The van der Waals surface area contributed by atoms with E-state index in [1.165, 1.54) is 12.2 Å². The van der Waals surface area contributed by atoms with Gasteiger partial charge in [0.2, 0.25) is 12.2 Å². The summed E-state index contributed by atoms with van der Waals surface area (Å²) in [5.41, 5.74) is 7.44. The van der Waals surface area contributed by atoms with Gasteiger partial charge in [-0.05, 0) is 36.4 Å². The summed E-state index contributed by atoms with van der Waals surface area (Å²) in [4.78, 5) is 26.3. The molecule has 1 aliphatic rings. The van der Waals surface area contributed by atoms with Gasteiger partial charge >= 0.3 is 0 Å². The topological polar surface area (TPSA) is 84.5 Å². The Bertz CT molecular complexity index is 615. The fraction of sp³-hybridized carbons (Fsp3) is 0. The minimum atomic E-state index is -0.440. The Morgan fingerprint density at radius 3 is 2.53 bits per heavy atom. The first-order chi connectivity index (χ1) is 9.10. The van der Waals surface area contributed by atoms with Crippen molar-refractivity contribution in [3.05, 3.63) is 47.1 Å². The highest BCUT2D eigenvalue weighted by atomic mass is 35.5. The highest BCUT2D eigenvalue weighted by Crippen LogP contribution is 2.19. The summed E-state index contributed by atoms with van der Waals surface area (Å²) >= 11 is 5.80. The number of Topliss-reactive ketones (excluding diaryl/α,β-unsaturated/α-hetero) is 1. The zero-order valence-corrected chi connectivity index (χ0v) is 10.5. The fourth-order valence-electron chi connectivity index (χ4n) is 1.51. The minimum absolute atomic E-state index is 0.000968. The first kappa shape index (κ1) is 13.0. The molecule has 0 saturated heterocycles. The third kappa shape index (κ3) is 3.08. The standard InChI is InChI=1S/C13H10ClN3O2/c14-11-5-10(6-12(13(11)19)16-7-18)17-9-3-1-8(15)2-4-9/h1-7H,15H2,(H,16,18)/b17-10-. The van der Waals surface area contributed by atoms with E-state index in [0.717, 1.165) is 0 Å². The number of nitrogens with zero attached hydrogens (tertiary/aromatic N) is 1. The lowest BCUT2D eigenvalue weighted by Crippen LogP contribution is -2.23. The van der Waals surface area contributed by atoms with Gasteiger partial charge < -0.3 is 11.1 Å². The number of hydrogen-bond donors (Lipinski definition) is 2. The number of allylic oxidation sites excluding steroid dienone is 3. The number of nitrogens with one attached hydrogen (secondary N) is 1. The molecule has 1 amide bonds. The number of aliphatic imine (C=N–C) groups is 1. The normalized spacial score (nSPS) is 16.9. The highest BCUT2D eigenvalue weighted by Gasteiger charge is 2.18. The Morgan fingerprint density at radius 1 is 1.21 bits per heavy atom. The van der Waals surface area contributed by atoms with Crippen molar-refractivity contribution in [2.75, 3.05) is 5.73 Å². The van der Waals surface area contributed by atoms with E-state index in [4.69, 9.17) is 17.3 Å². The van der Waals surface area contributed by atoms with Crippen LogP contribution in [0.3, 0.4) is 0 Å². The summed E-state index contributed by atoms with van der Waals surface area (Å²) in [6, 6.07) is 6.91. The van der Waals surface area contributed by atoms with Crippen LogP contribution < -0.4 is 11.1 Å². The molecule has 19 heavy (non-hydrogen) atoms. The second kappa shape index (κ2) is 5.49. The number of nitrogen functional groups attached to an aromatic ring is 1. The number of halogens is 1. The van der Waals surface area contributed by atoms with Crippen molar-refractivity contribution in [2.45, 2.75) is 0 Å². The predicted octanol–water partition coefficient (Wildman–Crippen LogP) is 1.68. The molecular weight excluding hydrogens is 266 g/mol. The molecular formula is C13H10ClN3O2. The first-order valence-electron chi connectivity index (χ1n) is 5.38. The lowest BCUT2D eigenvalue weighted by atomic mass is 10.1. The third-order valence-electron chi connectivity index (χ3n) is 2.39. The monoisotopic (exact) mass is 275 g/mol. The van der Waals surface area contributed by atoms with Crippen molar-refractivity contribution in [1.82, 2.24) is 5.32 Å². The van der Waals surface area contributed by atoms with Crippen molar-refractivity contribution in [1.29, 1.82) is 0 Å². The average Bonchev–Trinajstić information content (AvgIpc) is 2.38. The SMILES string of the molecule is Nc1ccc(/N=C2/C=C(Cl)C(=O)C(NC=O)=C2)cc1. The first-order valence-corrected chi connectivity index (χ1v) is 5.76. The van der Waals surface area contributed by atoms with Crippen LogP contribution in [-0.4, -0.2) is 17.9 Å². The molecule has 0 saturated carbocycles. The van der Waals surface area contributed by atoms with Crippen LogP contribution >= 0.6 is 11.6 Å². The maximum absolute atomic E-state index is 11.6.